The Morgan fingerprint density at radius 1 is 1.13 bits per heavy atom. The van der Waals surface area contributed by atoms with Crippen molar-refractivity contribution in [3.8, 4) is 11.3 Å². The van der Waals surface area contributed by atoms with Crippen LogP contribution in [0.1, 0.15) is 15.9 Å². The molecule has 5 aromatic rings. The second kappa shape index (κ2) is 7.04. The van der Waals surface area contributed by atoms with Gasteiger partial charge in [0, 0.05) is 32.5 Å². The molecule has 0 atom stereocenters. The average Bonchev–Trinajstić information content (AvgIpc) is 3.37. The molecule has 0 saturated carbocycles. The zero-order chi connectivity index (χ0) is 20.8. The summed E-state index contributed by atoms with van der Waals surface area (Å²) in [6, 6.07) is 20.6. The summed E-state index contributed by atoms with van der Waals surface area (Å²) < 4.78 is 22.0. The van der Waals surface area contributed by atoms with E-state index in [-0.39, 0.29) is 6.54 Å². The number of fused-ring (bicyclic) bond motifs is 3. The van der Waals surface area contributed by atoms with Crippen LogP contribution in [0.15, 0.2) is 71.3 Å². The number of furan rings is 1. The van der Waals surface area contributed by atoms with Gasteiger partial charge < -0.3 is 14.7 Å². The van der Waals surface area contributed by atoms with E-state index in [1.165, 1.54) is 6.07 Å². The van der Waals surface area contributed by atoms with Crippen molar-refractivity contribution in [2.24, 2.45) is 5.73 Å². The van der Waals surface area contributed by atoms with Gasteiger partial charge in [0.25, 0.3) is 0 Å². The summed E-state index contributed by atoms with van der Waals surface area (Å²) in [5.74, 6) is -0.245. The highest BCUT2D eigenvalue weighted by molar-refractivity contribution is 6.31. The van der Waals surface area contributed by atoms with Crippen molar-refractivity contribution in [3.05, 3.63) is 95.0 Å². The monoisotopic (exact) mass is 417 g/mol. The molecule has 3 aromatic carbocycles. The molecule has 30 heavy (non-hydrogen) atoms. The molecule has 0 aliphatic heterocycles. The molecule has 2 N–H and O–H groups in total. The minimum atomic E-state index is -0.535. The summed E-state index contributed by atoms with van der Waals surface area (Å²) >= 11 is 6.29. The van der Waals surface area contributed by atoms with E-state index in [1.807, 2.05) is 22.8 Å². The predicted octanol–water partition coefficient (Wildman–Crippen LogP) is 5.79. The number of rotatable bonds is 4. The highest BCUT2D eigenvalue weighted by Gasteiger charge is 2.19. The van der Waals surface area contributed by atoms with E-state index in [4.69, 9.17) is 21.8 Å². The zero-order valence-corrected chi connectivity index (χ0v) is 16.4. The first-order chi connectivity index (χ1) is 14.5. The fourth-order valence-electron chi connectivity index (χ4n) is 3.86. The van der Waals surface area contributed by atoms with Crippen molar-refractivity contribution in [2.45, 2.75) is 6.54 Å². The summed E-state index contributed by atoms with van der Waals surface area (Å²) in [6.45, 7) is 0.184. The zero-order valence-electron chi connectivity index (χ0n) is 15.7. The number of primary amides is 1. The van der Waals surface area contributed by atoms with Crippen molar-refractivity contribution in [1.29, 1.82) is 0 Å². The lowest BCUT2D eigenvalue weighted by atomic mass is 10.0. The van der Waals surface area contributed by atoms with Gasteiger partial charge in [0.15, 0.2) is 0 Å². The molecule has 2 heterocycles. The highest BCUT2D eigenvalue weighted by Crippen LogP contribution is 2.35. The van der Waals surface area contributed by atoms with E-state index in [1.54, 1.807) is 42.7 Å². The third-order valence-electron chi connectivity index (χ3n) is 5.24. The molecule has 0 fully saturated rings. The number of hydrogen-bond acceptors (Lipinski definition) is 2. The average molecular weight is 418 g/mol. The molecular formula is C24H15ClFN2O2. The van der Waals surface area contributed by atoms with Gasteiger partial charge in [-0.15, -0.1) is 0 Å². The molecule has 1 amide bonds. The van der Waals surface area contributed by atoms with Crippen molar-refractivity contribution in [2.75, 3.05) is 0 Å². The molecule has 147 valence electrons. The summed E-state index contributed by atoms with van der Waals surface area (Å²) in [4.78, 5) is 12.1. The van der Waals surface area contributed by atoms with E-state index in [0.29, 0.717) is 27.3 Å². The first-order valence-electron chi connectivity index (χ1n) is 9.28. The summed E-state index contributed by atoms with van der Waals surface area (Å²) in [6.07, 6.45) is 1.60. The third-order valence-corrected chi connectivity index (χ3v) is 5.60. The first-order valence-corrected chi connectivity index (χ1v) is 9.65. The molecule has 0 bridgehead atoms. The molecule has 0 spiro atoms. The van der Waals surface area contributed by atoms with E-state index in [0.717, 1.165) is 22.0 Å². The van der Waals surface area contributed by atoms with Gasteiger partial charge >= 0.3 is 0 Å². The Morgan fingerprint density at radius 3 is 2.70 bits per heavy atom. The van der Waals surface area contributed by atoms with Gasteiger partial charge in [0.2, 0.25) is 5.91 Å². The molecule has 0 aliphatic rings. The minimum absolute atomic E-state index is 0.184. The topological polar surface area (TPSA) is 61.2 Å². The van der Waals surface area contributed by atoms with Crippen LogP contribution in [0.3, 0.4) is 0 Å². The maximum Gasteiger partial charge on any atom is 0.249 e. The minimum Gasteiger partial charge on any atom is -0.464 e. The maximum atomic E-state index is 14.6. The van der Waals surface area contributed by atoms with Crippen LogP contribution in [0, 0.1) is 11.9 Å². The molecule has 0 unspecified atom stereocenters. The Kier molecular flexibility index (Phi) is 4.33. The Bertz CT molecular complexity index is 1400. The van der Waals surface area contributed by atoms with Crippen LogP contribution in [-0.4, -0.2) is 10.5 Å². The van der Waals surface area contributed by atoms with Crippen LogP contribution in [0.5, 0.6) is 0 Å². The number of amides is 1. The first kappa shape index (κ1) is 18.5. The van der Waals surface area contributed by atoms with E-state index in [2.05, 4.69) is 6.07 Å². The van der Waals surface area contributed by atoms with Crippen molar-refractivity contribution in [1.82, 2.24) is 4.57 Å². The number of nitrogens with zero attached hydrogens (tertiary/aromatic N) is 1. The molecular weight excluding hydrogens is 403 g/mol. The van der Waals surface area contributed by atoms with Crippen LogP contribution in [0.4, 0.5) is 4.39 Å². The van der Waals surface area contributed by atoms with Gasteiger partial charge in [-0.1, -0.05) is 23.7 Å². The second-order valence-corrected chi connectivity index (χ2v) is 7.38. The molecule has 0 aliphatic carbocycles. The van der Waals surface area contributed by atoms with Gasteiger partial charge in [0.1, 0.15) is 11.6 Å². The van der Waals surface area contributed by atoms with Gasteiger partial charge in [-0.2, -0.15) is 0 Å². The van der Waals surface area contributed by atoms with E-state index in [9.17, 15) is 9.18 Å². The number of aromatic nitrogens is 1. The Labute approximate surface area is 176 Å². The Hall–Kier alpha value is -3.57. The highest BCUT2D eigenvalue weighted by atomic mass is 35.5. The van der Waals surface area contributed by atoms with Gasteiger partial charge in [-0.25, -0.2) is 4.39 Å². The Morgan fingerprint density at radius 2 is 1.97 bits per heavy atom. The number of nitrogens with two attached hydrogens (primary N) is 1. The lowest BCUT2D eigenvalue weighted by Crippen LogP contribution is -2.11. The molecule has 6 heteroatoms. The molecule has 0 saturated heterocycles. The van der Waals surface area contributed by atoms with Gasteiger partial charge in [0.05, 0.1) is 23.8 Å². The van der Waals surface area contributed by atoms with Gasteiger partial charge in [-0.05, 0) is 54.6 Å². The van der Waals surface area contributed by atoms with Crippen LogP contribution in [-0.2, 0) is 6.54 Å². The van der Waals surface area contributed by atoms with E-state index < -0.39 is 11.7 Å². The largest absolute Gasteiger partial charge is 0.464 e. The normalized spacial score (nSPS) is 11.4. The summed E-state index contributed by atoms with van der Waals surface area (Å²) in [7, 11) is 0. The van der Waals surface area contributed by atoms with Crippen molar-refractivity contribution >= 4 is 39.3 Å². The number of halogens is 2. The number of carbonyl (C=O) groups is 1. The Balaban J connectivity index is 1.85. The predicted molar refractivity (Wildman–Crippen MR) is 115 cm³/mol. The fourth-order valence-corrected chi connectivity index (χ4v) is 4.08. The number of carbonyl (C=O) groups excluding carboxylic acids is 1. The van der Waals surface area contributed by atoms with Crippen LogP contribution in [0.25, 0.3) is 33.1 Å². The lowest BCUT2D eigenvalue weighted by molar-refractivity contribution is 0.100. The number of hydrogen-bond donors (Lipinski definition) is 1. The quantitative estimate of drug-likeness (QED) is 0.402. The standard InChI is InChI=1S/C24H15ClFN2O2/c25-18-5-2-6-19(26)17(18)13-28-20-7-1-4-16(24(27)29)23(20)15-10-9-14(12-21(15)28)22-8-3-11-30-22/h1-9,11-12H,13H2,(H2,27,29). The van der Waals surface area contributed by atoms with Crippen LogP contribution in [0.2, 0.25) is 5.02 Å². The van der Waals surface area contributed by atoms with E-state index >= 15 is 0 Å². The second-order valence-electron chi connectivity index (χ2n) is 6.98. The van der Waals surface area contributed by atoms with Crippen LogP contribution >= 0.6 is 11.6 Å². The smallest absolute Gasteiger partial charge is 0.249 e. The summed E-state index contributed by atoms with van der Waals surface area (Å²) in [5, 5.41) is 1.74. The maximum absolute atomic E-state index is 14.6. The number of benzene rings is 3. The van der Waals surface area contributed by atoms with Gasteiger partial charge in [-0.3, -0.25) is 4.79 Å². The third kappa shape index (κ3) is 2.86. The lowest BCUT2D eigenvalue weighted by Gasteiger charge is -2.11. The molecule has 4 nitrogen and oxygen atoms in total. The molecule has 5 rings (SSSR count). The van der Waals surface area contributed by atoms with Crippen molar-refractivity contribution < 1.29 is 13.6 Å². The summed E-state index contributed by atoms with van der Waals surface area (Å²) in [5.41, 5.74) is 8.71. The SMILES string of the molecule is NC(=O)c1cccc2c1c1[c]cc(-c3ccco3)cc1n2Cc1c(F)cccc1Cl. The van der Waals surface area contributed by atoms with Crippen molar-refractivity contribution in [3.63, 3.8) is 0 Å². The fraction of sp³-hybridized carbons (Fsp3) is 0.0417. The molecule has 2 aromatic heterocycles. The van der Waals surface area contributed by atoms with Crippen LogP contribution < -0.4 is 5.73 Å². The molecule has 1 radical (unpaired) electrons.